The molecule has 1 fully saturated rings. The Morgan fingerprint density at radius 1 is 1.37 bits per heavy atom. The molecule has 2 atom stereocenters. The van der Waals surface area contributed by atoms with Gasteiger partial charge in [-0.05, 0) is 39.3 Å². The van der Waals surface area contributed by atoms with Crippen LogP contribution in [0.15, 0.2) is 6.07 Å². The van der Waals surface area contributed by atoms with Crippen LogP contribution in [0.2, 0.25) is 0 Å². The number of hydrogen-bond donors (Lipinski definition) is 1. The number of aromatic nitrogens is 1. The fourth-order valence-corrected chi connectivity index (χ4v) is 2.70. The van der Waals surface area contributed by atoms with E-state index in [4.69, 9.17) is 10.5 Å². The number of primary amides is 1. The van der Waals surface area contributed by atoms with Crippen molar-refractivity contribution in [1.82, 2.24) is 4.98 Å². The van der Waals surface area contributed by atoms with Gasteiger partial charge in [-0.1, -0.05) is 0 Å². The van der Waals surface area contributed by atoms with Crippen LogP contribution >= 0.6 is 0 Å². The maximum absolute atomic E-state index is 11.7. The van der Waals surface area contributed by atoms with Crippen LogP contribution in [0.5, 0.6) is 0 Å². The number of carbonyl (C=O) groups is 1. The van der Waals surface area contributed by atoms with E-state index in [1.807, 2.05) is 33.8 Å². The summed E-state index contributed by atoms with van der Waals surface area (Å²) in [5.41, 5.74) is 7.79. The van der Waals surface area contributed by atoms with Crippen molar-refractivity contribution >= 4 is 11.7 Å². The fraction of sp³-hybridized carbons (Fsp3) is 0.571. The van der Waals surface area contributed by atoms with Crippen LogP contribution in [-0.4, -0.2) is 36.2 Å². The number of nitrogens with zero attached hydrogens (tertiary/aromatic N) is 2. The quantitative estimate of drug-likeness (QED) is 0.876. The summed E-state index contributed by atoms with van der Waals surface area (Å²) in [7, 11) is 0. The highest BCUT2D eigenvalue weighted by molar-refractivity contribution is 5.99. The van der Waals surface area contributed by atoms with Gasteiger partial charge in [0, 0.05) is 18.8 Å². The molecule has 2 heterocycles. The first-order chi connectivity index (χ1) is 8.88. The number of aryl methyl sites for hydroxylation is 2. The van der Waals surface area contributed by atoms with Gasteiger partial charge in [0.15, 0.2) is 0 Å². The number of ether oxygens (including phenoxy) is 1. The van der Waals surface area contributed by atoms with Crippen LogP contribution in [0.3, 0.4) is 0 Å². The number of morpholine rings is 1. The second kappa shape index (κ2) is 5.17. The predicted molar refractivity (Wildman–Crippen MR) is 74.5 cm³/mol. The third-order valence-electron chi connectivity index (χ3n) is 3.29. The molecule has 0 unspecified atom stereocenters. The highest BCUT2D eigenvalue weighted by atomic mass is 16.5. The van der Waals surface area contributed by atoms with E-state index in [0.29, 0.717) is 11.4 Å². The Hall–Kier alpha value is -1.62. The highest BCUT2D eigenvalue weighted by Crippen LogP contribution is 2.25. The Balaban J connectivity index is 2.45. The van der Waals surface area contributed by atoms with Crippen LogP contribution in [0.4, 0.5) is 5.82 Å². The van der Waals surface area contributed by atoms with E-state index in [-0.39, 0.29) is 12.2 Å². The van der Waals surface area contributed by atoms with Gasteiger partial charge in [0.1, 0.15) is 5.82 Å². The van der Waals surface area contributed by atoms with Gasteiger partial charge in [-0.3, -0.25) is 4.79 Å². The second-order valence-corrected chi connectivity index (χ2v) is 5.31. The Morgan fingerprint density at radius 2 is 1.95 bits per heavy atom. The lowest BCUT2D eigenvalue weighted by atomic mass is 10.1. The molecule has 0 aliphatic carbocycles. The zero-order chi connectivity index (χ0) is 14.2. The lowest BCUT2D eigenvalue weighted by molar-refractivity contribution is -0.00552. The number of anilines is 1. The van der Waals surface area contributed by atoms with Gasteiger partial charge in [0.05, 0.1) is 17.8 Å². The molecule has 0 bridgehead atoms. The van der Waals surface area contributed by atoms with Crippen molar-refractivity contribution < 1.29 is 9.53 Å². The van der Waals surface area contributed by atoms with E-state index >= 15 is 0 Å². The summed E-state index contributed by atoms with van der Waals surface area (Å²) in [5, 5.41) is 0. The van der Waals surface area contributed by atoms with Gasteiger partial charge in [-0.25, -0.2) is 4.98 Å². The number of carbonyl (C=O) groups excluding carboxylic acids is 1. The van der Waals surface area contributed by atoms with Gasteiger partial charge < -0.3 is 15.4 Å². The summed E-state index contributed by atoms with van der Waals surface area (Å²) in [6.45, 7) is 9.31. The smallest absolute Gasteiger partial charge is 0.252 e. The number of pyridine rings is 1. The van der Waals surface area contributed by atoms with Crippen LogP contribution in [-0.2, 0) is 4.74 Å². The van der Waals surface area contributed by atoms with E-state index < -0.39 is 5.91 Å². The van der Waals surface area contributed by atoms with Gasteiger partial charge in [0.2, 0.25) is 0 Å². The molecule has 104 valence electrons. The molecule has 1 aliphatic rings. The fourth-order valence-electron chi connectivity index (χ4n) is 2.70. The normalized spacial score (nSPS) is 23.5. The lowest BCUT2D eigenvalue weighted by Crippen LogP contribution is -2.46. The third kappa shape index (κ3) is 2.87. The molecule has 2 N–H and O–H groups in total. The summed E-state index contributed by atoms with van der Waals surface area (Å²) in [6, 6.07) is 1.89. The van der Waals surface area contributed by atoms with E-state index in [0.717, 1.165) is 24.3 Å². The molecule has 0 aromatic carbocycles. The van der Waals surface area contributed by atoms with Crippen molar-refractivity contribution in [1.29, 1.82) is 0 Å². The average Bonchev–Trinajstić information content (AvgIpc) is 2.25. The predicted octanol–water partition coefficient (Wildman–Crippen LogP) is 1.41. The Kier molecular flexibility index (Phi) is 3.75. The molecular weight excluding hydrogens is 242 g/mol. The highest BCUT2D eigenvalue weighted by Gasteiger charge is 2.27. The molecule has 5 heteroatoms. The molecule has 0 radical (unpaired) electrons. The van der Waals surface area contributed by atoms with Crippen molar-refractivity contribution in [2.75, 3.05) is 18.0 Å². The van der Waals surface area contributed by atoms with Gasteiger partial charge in [-0.2, -0.15) is 0 Å². The number of rotatable bonds is 2. The van der Waals surface area contributed by atoms with E-state index in [2.05, 4.69) is 9.88 Å². The van der Waals surface area contributed by atoms with Crippen LogP contribution in [0.25, 0.3) is 0 Å². The Bertz CT molecular complexity index is 492. The molecule has 1 saturated heterocycles. The molecule has 1 amide bonds. The first-order valence-electron chi connectivity index (χ1n) is 6.57. The summed E-state index contributed by atoms with van der Waals surface area (Å²) in [6.07, 6.45) is 0.235. The maximum atomic E-state index is 11.7. The van der Waals surface area contributed by atoms with Gasteiger partial charge in [-0.15, -0.1) is 0 Å². The number of amides is 1. The second-order valence-electron chi connectivity index (χ2n) is 5.31. The summed E-state index contributed by atoms with van der Waals surface area (Å²) >= 11 is 0. The monoisotopic (exact) mass is 263 g/mol. The zero-order valence-corrected chi connectivity index (χ0v) is 11.9. The summed E-state index contributed by atoms with van der Waals surface area (Å²) < 4.78 is 5.71. The first kappa shape index (κ1) is 13.8. The average molecular weight is 263 g/mol. The molecule has 2 rings (SSSR count). The van der Waals surface area contributed by atoms with Crippen molar-refractivity contribution in [3.05, 3.63) is 22.9 Å². The molecular formula is C14H21N3O2. The largest absolute Gasteiger partial charge is 0.372 e. The van der Waals surface area contributed by atoms with Crippen molar-refractivity contribution in [2.45, 2.75) is 39.9 Å². The minimum absolute atomic E-state index is 0.118. The van der Waals surface area contributed by atoms with Crippen LogP contribution in [0.1, 0.15) is 35.5 Å². The van der Waals surface area contributed by atoms with Gasteiger partial charge >= 0.3 is 0 Å². The van der Waals surface area contributed by atoms with Crippen LogP contribution in [0, 0.1) is 13.8 Å². The van der Waals surface area contributed by atoms with Crippen molar-refractivity contribution in [3.8, 4) is 0 Å². The van der Waals surface area contributed by atoms with Crippen LogP contribution < -0.4 is 10.6 Å². The maximum Gasteiger partial charge on any atom is 0.252 e. The van der Waals surface area contributed by atoms with Crippen molar-refractivity contribution in [3.63, 3.8) is 0 Å². The molecule has 19 heavy (non-hydrogen) atoms. The lowest BCUT2D eigenvalue weighted by Gasteiger charge is -2.37. The van der Waals surface area contributed by atoms with E-state index in [9.17, 15) is 4.79 Å². The minimum atomic E-state index is -0.424. The molecule has 1 aliphatic heterocycles. The molecule has 0 saturated carbocycles. The number of hydrogen-bond acceptors (Lipinski definition) is 4. The zero-order valence-electron chi connectivity index (χ0n) is 11.9. The molecule has 5 nitrogen and oxygen atoms in total. The third-order valence-corrected chi connectivity index (χ3v) is 3.29. The van der Waals surface area contributed by atoms with Gasteiger partial charge in [0.25, 0.3) is 5.91 Å². The topological polar surface area (TPSA) is 68.5 Å². The summed E-state index contributed by atoms with van der Waals surface area (Å²) in [4.78, 5) is 18.3. The van der Waals surface area contributed by atoms with E-state index in [1.54, 1.807) is 0 Å². The number of nitrogens with two attached hydrogens (primary N) is 1. The Labute approximate surface area is 113 Å². The molecule has 0 spiro atoms. The SMILES string of the molecule is Cc1cc(C)c(C(N)=O)c(N2C[C@@H](C)O[C@H](C)C2)n1. The standard InChI is InChI=1S/C14H21N3O2/c1-8-5-9(2)16-14(12(8)13(15)18)17-6-10(3)19-11(4)7-17/h5,10-11H,6-7H2,1-4H3,(H2,15,18)/t10-,11-/m1/s1. The Morgan fingerprint density at radius 3 is 2.47 bits per heavy atom. The molecule has 1 aromatic rings. The summed E-state index contributed by atoms with van der Waals surface area (Å²) in [5.74, 6) is 0.263. The first-order valence-corrected chi connectivity index (χ1v) is 6.57. The van der Waals surface area contributed by atoms with E-state index in [1.165, 1.54) is 0 Å². The minimum Gasteiger partial charge on any atom is -0.372 e. The van der Waals surface area contributed by atoms with Crippen molar-refractivity contribution in [2.24, 2.45) is 5.73 Å². The molecule has 1 aromatic heterocycles.